The lowest BCUT2D eigenvalue weighted by Crippen LogP contribution is -2.04. The molecule has 2 heterocycles. The van der Waals surface area contributed by atoms with E-state index in [4.69, 9.17) is 11.6 Å². The number of aromatic hydroxyl groups is 1. The molecule has 1 aliphatic heterocycles. The Kier molecular flexibility index (Phi) is 3.77. The SMILES string of the molecule is O=C1Nc2nc(Cl)ccc2C1=Cc1cc(Br)c(O)c(Br)c1. The fourth-order valence-corrected chi connectivity index (χ4v) is 3.39. The highest BCUT2D eigenvalue weighted by Gasteiger charge is 2.25. The van der Waals surface area contributed by atoms with Gasteiger partial charge in [0.15, 0.2) is 0 Å². The summed E-state index contributed by atoms with van der Waals surface area (Å²) < 4.78 is 1.08. The molecular formula is C14H7Br2ClN2O2. The zero-order valence-corrected chi connectivity index (χ0v) is 14.3. The van der Waals surface area contributed by atoms with E-state index in [1.54, 1.807) is 30.3 Å². The first-order valence-electron chi connectivity index (χ1n) is 5.83. The number of benzene rings is 1. The predicted octanol–water partition coefficient (Wildman–Crippen LogP) is 4.46. The van der Waals surface area contributed by atoms with Gasteiger partial charge in [0.2, 0.25) is 0 Å². The summed E-state index contributed by atoms with van der Waals surface area (Å²) in [5.41, 5.74) is 1.96. The molecule has 2 aromatic rings. The summed E-state index contributed by atoms with van der Waals surface area (Å²) in [7, 11) is 0. The number of nitrogens with one attached hydrogen (secondary N) is 1. The van der Waals surface area contributed by atoms with Crippen molar-refractivity contribution in [2.75, 3.05) is 5.32 Å². The number of nitrogens with zero attached hydrogens (tertiary/aromatic N) is 1. The lowest BCUT2D eigenvalue weighted by molar-refractivity contribution is -0.110. The van der Waals surface area contributed by atoms with Gasteiger partial charge in [0, 0.05) is 5.56 Å². The van der Waals surface area contributed by atoms with Crippen LogP contribution in [0.25, 0.3) is 11.6 Å². The number of hydrogen-bond acceptors (Lipinski definition) is 3. The summed E-state index contributed by atoms with van der Waals surface area (Å²) in [5.74, 6) is 0.331. The Morgan fingerprint density at radius 1 is 1.24 bits per heavy atom. The largest absolute Gasteiger partial charge is 0.506 e. The first-order valence-corrected chi connectivity index (χ1v) is 7.80. The molecular weight excluding hydrogens is 423 g/mol. The molecule has 0 bridgehead atoms. The molecule has 0 saturated heterocycles. The van der Waals surface area contributed by atoms with Crippen LogP contribution in [0.3, 0.4) is 0 Å². The molecule has 0 aliphatic carbocycles. The summed E-state index contributed by atoms with van der Waals surface area (Å²) in [6.07, 6.45) is 1.73. The second-order valence-corrected chi connectivity index (χ2v) is 6.47. The van der Waals surface area contributed by atoms with E-state index in [2.05, 4.69) is 42.2 Å². The van der Waals surface area contributed by atoms with Crippen LogP contribution in [-0.4, -0.2) is 16.0 Å². The number of phenols is 1. The van der Waals surface area contributed by atoms with E-state index in [-0.39, 0.29) is 11.7 Å². The van der Waals surface area contributed by atoms with Crippen molar-refractivity contribution < 1.29 is 9.90 Å². The number of pyridine rings is 1. The quantitative estimate of drug-likeness (QED) is 0.519. The van der Waals surface area contributed by atoms with Gasteiger partial charge in [-0.05, 0) is 67.8 Å². The van der Waals surface area contributed by atoms with Gasteiger partial charge in [-0.3, -0.25) is 4.79 Å². The second kappa shape index (κ2) is 5.44. The minimum absolute atomic E-state index is 0.113. The Labute approximate surface area is 142 Å². The predicted molar refractivity (Wildman–Crippen MR) is 89.3 cm³/mol. The van der Waals surface area contributed by atoms with Crippen molar-refractivity contribution in [1.29, 1.82) is 0 Å². The smallest absolute Gasteiger partial charge is 0.257 e. The van der Waals surface area contributed by atoms with Gasteiger partial charge in [0.1, 0.15) is 16.7 Å². The molecule has 2 N–H and O–H groups in total. The molecule has 0 fully saturated rings. The molecule has 106 valence electrons. The van der Waals surface area contributed by atoms with Crippen molar-refractivity contribution in [3.63, 3.8) is 0 Å². The number of phenolic OH excluding ortho intramolecular Hbond substituents is 1. The van der Waals surface area contributed by atoms with Crippen LogP contribution in [0.4, 0.5) is 5.82 Å². The highest BCUT2D eigenvalue weighted by atomic mass is 79.9. The Bertz CT molecular complexity index is 783. The maximum absolute atomic E-state index is 12.0. The van der Waals surface area contributed by atoms with Crippen molar-refractivity contribution >= 4 is 66.8 Å². The third-order valence-electron chi connectivity index (χ3n) is 2.98. The van der Waals surface area contributed by atoms with Gasteiger partial charge in [-0.2, -0.15) is 0 Å². The van der Waals surface area contributed by atoms with E-state index in [1.807, 2.05) is 0 Å². The van der Waals surface area contributed by atoms with Crippen LogP contribution in [0, 0.1) is 0 Å². The van der Waals surface area contributed by atoms with Gasteiger partial charge in [-0.15, -0.1) is 0 Å². The number of carbonyl (C=O) groups excluding carboxylic acids is 1. The number of halogens is 3. The van der Waals surface area contributed by atoms with E-state index in [0.717, 1.165) is 5.56 Å². The normalized spacial score (nSPS) is 15.2. The van der Waals surface area contributed by atoms with Gasteiger partial charge in [0.25, 0.3) is 5.91 Å². The molecule has 3 rings (SSSR count). The number of carbonyl (C=O) groups is 1. The summed E-state index contributed by atoms with van der Waals surface area (Å²) in [6.45, 7) is 0. The van der Waals surface area contributed by atoms with Crippen LogP contribution in [0.5, 0.6) is 5.75 Å². The molecule has 1 aromatic carbocycles. The zero-order valence-electron chi connectivity index (χ0n) is 10.3. The second-order valence-electron chi connectivity index (χ2n) is 4.38. The number of rotatable bonds is 1. The lowest BCUT2D eigenvalue weighted by Gasteiger charge is -2.03. The van der Waals surface area contributed by atoms with Crippen molar-refractivity contribution in [3.05, 3.63) is 49.5 Å². The summed E-state index contributed by atoms with van der Waals surface area (Å²) >= 11 is 12.3. The highest BCUT2D eigenvalue weighted by Crippen LogP contribution is 2.36. The number of amides is 1. The number of anilines is 1. The summed E-state index contributed by atoms with van der Waals surface area (Å²) in [6, 6.07) is 6.83. The fraction of sp³-hybridized carbons (Fsp3) is 0. The molecule has 0 saturated carbocycles. The average Bonchev–Trinajstić information content (AvgIpc) is 2.71. The summed E-state index contributed by atoms with van der Waals surface area (Å²) in [5, 5.41) is 12.7. The highest BCUT2D eigenvalue weighted by molar-refractivity contribution is 9.11. The third kappa shape index (κ3) is 2.71. The molecule has 0 spiro atoms. The van der Waals surface area contributed by atoms with Gasteiger partial charge >= 0.3 is 0 Å². The van der Waals surface area contributed by atoms with Crippen LogP contribution in [-0.2, 0) is 4.79 Å². The number of aromatic nitrogens is 1. The first kappa shape index (κ1) is 14.6. The van der Waals surface area contributed by atoms with E-state index < -0.39 is 0 Å². The molecule has 1 amide bonds. The first-order chi connectivity index (χ1) is 9.95. The number of hydrogen-bond donors (Lipinski definition) is 2. The fourth-order valence-electron chi connectivity index (χ4n) is 2.02. The molecule has 7 heteroatoms. The van der Waals surface area contributed by atoms with E-state index in [1.165, 1.54) is 0 Å². The Hall–Kier alpha value is -1.37. The minimum Gasteiger partial charge on any atom is -0.506 e. The zero-order chi connectivity index (χ0) is 15.1. The Morgan fingerprint density at radius 2 is 1.90 bits per heavy atom. The monoisotopic (exact) mass is 428 g/mol. The van der Waals surface area contributed by atoms with Crippen LogP contribution >= 0.6 is 43.5 Å². The van der Waals surface area contributed by atoms with Crippen molar-refractivity contribution in [3.8, 4) is 5.75 Å². The molecule has 1 aliphatic rings. The van der Waals surface area contributed by atoms with Crippen LogP contribution in [0.2, 0.25) is 5.15 Å². The van der Waals surface area contributed by atoms with Crippen molar-refractivity contribution in [2.45, 2.75) is 0 Å². The average molecular weight is 430 g/mol. The standard InChI is InChI=1S/C14H7Br2ClN2O2/c15-9-4-6(5-10(16)12(9)20)3-8-7-1-2-11(17)18-13(7)19-14(8)21/h1-5,20H,(H,18,19,21). The Morgan fingerprint density at radius 3 is 2.57 bits per heavy atom. The van der Waals surface area contributed by atoms with Crippen molar-refractivity contribution in [1.82, 2.24) is 4.98 Å². The molecule has 4 nitrogen and oxygen atoms in total. The molecule has 0 radical (unpaired) electrons. The molecule has 1 aromatic heterocycles. The van der Waals surface area contributed by atoms with Crippen LogP contribution in [0.1, 0.15) is 11.1 Å². The van der Waals surface area contributed by atoms with E-state index >= 15 is 0 Å². The van der Waals surface area contributed by atoms with Crippen LogP contribution < -0.4 is 5.32 Å². The topological polar surface area (TPSA) is 62.2 Å². The van der Waals surface area contributed by atoms with Gasteiger partial charge < -0.3 is 10.4 Å². The van der Waals surface area contributed by atoms with Gasteiger partial charge in [0.05, 0.1) is 14.5 Å². The summed E-state index contributed by atoms with van der Waals surface area (Å²) in [4.78, 5) is 16.1. The lowest BCUT2D eigenvalue weighted by atomic mass is 10.1. The van der Waals surface area contributed by atoms with Gasteiger partial charge in [-0.1, -0.05) is 11.6 Å². The minimum atomic E-state index is -0.236. The van der Waals surface area contributed by atoms with E-state index in [9.17, 15) is 9.90 Å². The molecule has 0 atom stereocenters. The molecule has 0 unspecified atom stereocenters. The maximum Gasteiger partial charge on any atom is 0.257 e. The Balaban J connectivity index is 2.11. The van der Waals surface area contributed by atoms with Crippen LogP contribution in [0.15, 0.2) is 33.2 Å². The van der Waals surface area contributed by atoms with Crippen molar-refractivity contribution in [2.24, 2.45) is 0 Å². The number of fused-ring (bicyclic) bond motifs is 1. The van der Waals surface area contributed by atoms with Gasteiger partial charge in [-0.25, -0.2) is 4.98 Å². The third-order valence-corrected chi connectivity index (χ3v) is 4.40. The maximum atomic E-state index is 12.0. The van der Waals surface area contributed by atoms with E-state index in [0.29, 0.717) is 31.1 Å². The molecule has 21 heavy (non-hydrogen) atoms.